The molecule has 3 atom stereocenters. The van der Waals surface area contributed by atoms with Gasteiger partial charge in [0.15, 0.2) is 0 Å². The van der Waals surface area contributed by atoms with Gasteiger partial charge in [-0.15, -0.1) is 0 Å². The number of hydrogen-bond acceptors (Lipinski definition) is 5. The standard InChI is InChI=1S/C30H36N2O4/c1-21-16-32(22(2)19-33)30(35)28-14-7-6-13-27(28)26-12-5-4-10-24(26)20-36-29(21)18-31(3)17-23-9-8-11-25(34)15-23/h4-15,21-22,29,33-34H,16-20H2,1-3H3/t21-,22+,29+/m0/s1. The topological polar surface area (TPSA) is 73.2 Å². The van der Waals surface area contributed by atoms with Gasteiger partial charge in [-0.25, -0.2) is 0 Å². The Balaban J connectivity index is 1.67. The lowest BCUT2D eigenvalue weighted by atomic mass is 9.94. The van der Waals surface area contributed by atoms with E-state index in [0.29, 0.717) is 31.8 Å². The fraction of sp³-hybridized carbons (Fsp3) is 0.367. The molecule has 0 aromatic heterocycles. The molecule has 0 saturated heterocycles. The van der Waals surface area contributed by atoms with Crippen molar-refractivity contribution < 1.29 is 19.7 Å². The number of ether oxygens (including phenoxy) is 1. The lowest BCUT2D eigenvalue weighted by Crippen LogP contribution is -2.47. The van der Waals surface area contributed by atoms with Crippen molar-refractivity contribution in [3.63, 3.8) is 0 Å². The number of rotatable bonds is 6. The Kier molecular flexibility index (Phi) is 8.41. The lowest BCUT2D eigenvalue weighted by molar-refractivity contribution is -0.0241. The normalized spacial score (nSPS) is 19.4. The molecule has 0 fully saturated rings. The molecule has 0 aliphatic carbocycles. The van der Waals surface area contributed by atoms with Crippen LogP contribution in [0.4, 0.5) is 0 Å². The van der Waals surface area contributed by atoms with E-state index in [1.54, 1.807) is 17.0 Å². The molecule has 3 aromatic carbocycles. The lowest BCUT2D eigenvalue weighted by Gasteiger charge is -2.35. The van der Waals surface area contributed by atoms with Crippen LogP contribution in [-0.4, -0.2) is 64.8 Å². The first kappa shape index (κ1) is 25.9. The highest BCUT2D eigenvalue weighted by Crippen LogP contribution is 2.31. The second-order valence-electron chi connectivity index (χ2n) is 9.89. The SMILES string of the molecule is C[C@H](CO)N1C[C@H](C)[C@@H](CN(C)Cc2cccc(O)c2)OCc2ccccc2-c2ccccc2C1=O. The summed E-state index contributed by atoms with van der Waals surface area (Å²) in [7, 11) is 2.04. The Hall–Kier alpha value is -3.19. The predicted molar refractivity (Wildman–Crippen MR) is 142 cm³/mol. The molecule has 2 N–H and O–H groups in total. The van der Waals surface area contributed by atoms with Crippen LogP contribution in [0.15, 0.2) is 72.8 Å². The predicted octanol–water partition coefficient (Wildman–Crippen LogP) is 4.55. The second-order valence-corrected chi connectivity index (χ2v) is 9.89. The van der Waals surface area contributed by atoms with E-state index in [4.69, 9.17) is 4.74 Å². The first-order valence-corrected chi connectivity index (χ1v) is 12.5. The van der Waals surface area contributed by atoms with Gasteiger partial charge in [-0.3, -0.25) is 9.69 Å². The van der Waals surface area contributed by atoms with Gasteiger partial charge in [0.1, 0.15) is 5.75 Å². The third-order valence-electron chi connectivity index (χ3n) is 6.95. The van der Waals surface area contributed by atoms with Crippen LogP contribution in [0.2, 0.25) is 0 Å². The zero-order valence-corrected chi connectivity index (χ0v) is 21.3. The van der Waals surface area contributed by atoms with Crippen LogP contribution in [0.1, 0.15) is 35.3 Å². The first-order chi connectivity index (χ1) is 17.4. The van der Waals surface area contributed by atoms with Crippen molar-refractivity contribution in [2.45, 2.75) is 39.1 Å². The molecule has 4 rings (SSSR count). The van der Waals surface area contributed by atoms with Crippen LogP contribution >= 0.6 is 0 Å². The van der Waals surface area contributed by atoms with E-state index < -0.39 is 0 Å². The highest BCUT2D eigenvalue weighted by atomic mass is 16.5. The minimum Gasteiger partial charge on any atom is -0.508 e. The summed E-state index contributed by atoms with van der Waals surface area (Å²) in [5.74, 6) is 0.193. The molecule has 0 spiro atoms. The number of aliphatic hydroxyl groups excluding tert-OH is 1. The van der Waals surface area contributed by atoms with E-state index in [1.165, 1.54) is 0 Å². The smallest absolute Gasteiger partial charge is 0.254 e. The average molecular weight is 489 g/mol. The number of carbonyl (C=O) groups excluding carboxylic acids is 1. The summed E-state index contributed by atoms with van der Waals surface area (Å²) in [6.45, 7) is 6.09. The molecular formula is C30H36N2O4. The van der Waals surface area contributed by atoms with Gasteiger partial charge in [0.05, 0.1) is 25.4 Å². The number of nitrogens with zero attached hydrogens (tertiary/aromatic N) is 2. The van der Waals surface area contributed by atoms with E-state index >= 15 is 0 Å². The van der Waals surface area contributed by atoms with E-state index in [1.807, 2.05) is 68.6 Å². The van der Waals surface area contributed by atoms with E-state index in [9.17, 15) is 15.0 Å². The maximum atomic E-state index is 13.9. The van der Waals surface area contributed by atoms with Gasteiger partial charge in [0, 0.05) is 31.1 Å². The first-order valence-electron chi connectivity index (χ1n) is 12.5. The molecule has 0 saturated carbocycles. The van der Waals surface area contributed by atoms with Gasteiger partial charge >= 0.3 is 0 Å². The quantitative estimate of drug-likeness (QED) is 0.533. The number of benzene rings is 3. The van der Waals surface area contributed by atoms with E-state index in [-0.39, 0.29) is 36.3 Å². The maximum absolute atomic E-state index is 13.9. The molecule has 190 valence electrons. The van der Waals surface area contributed by atoms with Crippen LogP contribution in [0.3, 0.4) is 0 Å². The van der Waals surface area contributed by atoms with Gasteiger partial charge in [-0.2, -0.15) is 0 Å². The molecule has 0 radical (unpaired) electrons. The number of aliphatic hydroxyl groups is 1. The molecule has 0 unspecified atom stereocenters. The second kappa shape index (κ2) is 11.7. The van der Waals surface area contributed by atoms with E-state index in [0.717, 1.165) is 22.3 Å². The summed E-state index contributed by atoms with van der Waals surface area (Å²) in [6, 6.07) is 22.7. The van der Waals surface area contributed by atoms with Crippen molar-refractivity contribution in [1.29, 1.82) is 0 Å². The molecule has 36 heavy (non-hydrogen) atoms. The molecule has 1 amide bonds. The third-order valence-corrected chi connectivity index (χ3v) is 6.95. The Morgan fingerprint density at radius 1 is 1.03 bits per heavy atom. The number of likely N-dealkylation sites (N-methyl/N-ethyl adjacent to an activating group) is 1. The summed E-state index contributed by atoms with van der Waals surface area (Å²) in [5.41, 5.74) is 4.56. The zero-order chi connectivity index (χ0) is 25.7. The van der Waals surface area contributed by atoms with Gasteiger partial charge in [-0.1, -0.05) is 61.5 Å². The van der Waals surface area contributed by atoms with Crippen molar-refractivity contribution in [2.75, 3.05) is 26.7 Å². The summed E-state index contributed by atoms with van der Waals surface area (Å²) < 4.78 is 6.57. The third kappa shape index (κ3) is 5.95. The summed E-state index contributed by atoms with van der Waals surface area (Å²) in [5, 5.41) is 19.8. The van der Waals surface area contributed by atoms with Gasteiger partial charge in [0.25, 0.3) is 5.91 Å². The number of fused-ring (bicyclic) bond motifs is 3. The molecule has 1 heterocycles. The number of hydrogen-bond donors (Lipinski definition) is 2. The largest absolute Gasteiger partial charge is 0.508 e. The Labute approximate surface area is 213 Å². The van der Waals surface area contributed by atoms with Crippen LogP contribution < -0.4 is 0 Å². The number of carbonyl (C=O) groups is 1. The van der Waals surface area contributed by atoms with Gasteiger partial charge in [0.2, 0.25) is 0 Å². The van der Waals surface area contributed by atoms with Crippen molar-refractivity contribution >= 4 is 5.91 Å². The van der Waals surface area contributed by atoms with Crippen LogP contribution in [0, 0.1) is 5.92 Å². The molecule has 6 nitrogen and oxygen atoms in total. The number of phenolic OH excluding ortho intramolecular Hbond substituents is 1. The zero-order valence-electron chi connectivity index (χ0n) is 21.3. The maximum Gasteiger partial charge on any atom is 0.254 e. The van der Waals surface area contributed by atoms with Crippen LogP contribution in [0.25, 0.3) is 11.1 Å². The van der Waals surface area contributed by atoms with Gasteiger partial charge in [-0.05, 0) is 54.4 Å². The minimum absolute atomic E-state index is 0.0204. The minimum atomic E-state index is -0.324. The van der Waals surface area contributed by atoms with Gasteiger partial charge < -0.3 is 19.8 Å². The fourth-order valence-electron chi connectivity index (χ4n) is 4.89. The number of amides is 1. The molecule has 1 aliphatic heterocycles. The van der Waals surface area contributed by atoms with Crippen molar-refractivity contribution in [1.82, 2.24) is 9.80 Å². The fourth-order valence-corrected chi connectivity index (χ4v) is 4.89. The molecular weight excluding hydrogens is 452 g/mol. The monoisotopic (exact) mass is 488 g/mol. The highest BCUT2D eigenvalue weighted by Gasteiger charge is 2.30. The van der Waals surface area contributed by atoms with E-state index in [2.05, 4.69) is 17.9 Å². The molecule has 1 aliphatic rings. The Morgan fingerprint density at radius 2 is 1.72 bits per heavy atom. The highest BCUT2D eigenvalue weighted by molar-refractivity contribution is 6.01. The molecule has 0 bridgehead atoms. The Bertz CT molecular complexity index is 1180. The van der Waals surface area contributed by atoms with Crippen molar-refractivity contribution in [2.24, 2.45) is 5.92 Å². The molecule has 6 heteroatoms. The van der Waals surface area contributed by atoms with Crippen LogP contribution in [-0.2, 0) is 17.9 Å². The summed E-state index contributed by atoms with van der Waals surface area (Å²) in [6.07, 6.45) is -0.150. The summed E-state index contributed by atoms with van der Waals surface area (Å²) >= 11 is 0. The average Bonchev–Trinajstić information content (AvgIpc) is 2.89. The van der Waals surface area contributed by atoms with Crippen molar-refractivity contribution in [3.8, 4) is 16.9 Å². The van der Waals surface area contributed by atoms with Crippen LogP contribution in [0.5, 0.6) is 5.75 Å². The number of phenols is 1. The summed E-state index contributed by atoms with van der Waals surface area (Å²) in [4.78, 5) is 17.8. The molecule has 3 aromatic rings. The number of aromatic hydroxyl groups is 1. The van der Waals surface area contributed by atoms with Crippen molar-refractivity contribution in [3.05, 3.63) is 89.5 Å². The Morgan fingerprint density at radius 3 is 2.44 bits per heavy atom.